The van der Waals surface area contributed by atoms with Crippen LogP contribution < -0.4 is 4.74 Å². The Bertz CT molecular complexity index is 418. The van der Waals surface area contributed by atoms with Gasteiger partial charge in [0.05, 0.1) is 12.7 Å². The summed E-state index contributed by atoms with van der Waals surface area (Å²) in [6.07, 6.45) is 1.17. The van der Waals surface area contributed by atoms with E-state index in [1.165, 1.54) is 0 Å². The van der Waals surface area contributed by atoms with E-state index in [-0.39, 0.29) is 6.61 Å². The molecule has 19 heavy (non-hydrogen) atoms. The molecule has 0 aromatic heterocycles. The third kappa shape index (κ3) is 5.61. The molecule has 0 aliphatic heterocycles. The topological polar surface area (TPSA) is 55.8 Å². The number of ether oxygens (including phenoxy) is 2. The number of unbranched alkanes of at least 4 members (excludes halogenated alkanes) is 1. The maximum Gasteiger partial charge on any atom is 0.344 e. The van der Waals surface area contributed by atoms with Crippen molar-refractivity contribution in [3.05, 3.63) is 28.2 Å². The van der Waals surface area contributed by atoms with Crippen molar-refractivity contribution in [2.75, 3.05) is 13.2 Å². The smallest absolute Gasteiger partial charge is 0.344 e. The zero-order valence-electron chi connectivity index (χ0n) is 11.2. The Morgan fingerprint density at radius 2 is 2.21 bits per heavy atom. The van der Waals surface area contributed by atoms with Crippen molar-refractivity contribution in [1.29, 1.82) is 0 Å². The van der Waals surface area contributed by atoms with Crippen LogP contribution in [0.25, 0.3) is 0 Å². The first-order valence-electron chi connectivity index (χ1n) is 6.30. The minimum absolute atomic E-state index is 0.153. The van der Waals surface area contributed by atoms with Gasteiger partial charge in [0.15, 0.2) is 6.61 Å². The van der Waals surface area contributed by atoms with Crippen LogP contribution in [0.5, 0.6) is 5.75 Å². The Kier molecular flexibility index (Phi) is 6.87. The third-order valence-electron chi connectivity index (χ3n) is 2.53. The van der Waals surface area contributed by atoms with Crippen LogP contribution >= 0.6 is 15.9 Å². The number of aliphatic hydroxyl groups is 1. The summed E-state index contributed by atoms with van der Waals surface area (Å²) < 4.78 is 11.2. The first kappa shape index (κ1) is 16.0. The number of esters is 1. The Balaban J connectivity index is 2.56. The highest BCUT2D eigenvalue weighted by atomic mass is 79.9. The number of hydrogen-bond donors (Lipinski definition) is 1. The van der Waals surface area contributed by atoms with Crippen LogP contribution in [0, 0.1) is 0 Å². The SMILES string of the molecule is CCCCOC(=O)COc1cc(Br)ccc1[C@@H](C)O. The van der Waals surface area contributed by atoms with E-state index in [2.05, 4.69) is 15.9 Å². The predicted molar refractivity (Wildman–Crippen MR) is 76.1 cm³/mol. The number of hydrogen-bond acceptors (Lipinski definition) is 4. The molecule has 0 fully saturated rings. The molecule has 0 aliphatic rings. The van der Waals surface area contributed by atoms with Crippen molar-refractivity contribution in [1.82, 2.24) is 0 Å². The second-order valence-corrected chi connectivity index (χ2v) is 5.14. The summed E-state index contributed by atoms with van der Waals surface area (Å²) in [5.74, 6) is 0.0850. The predicted octanol–water partition coefficient (Wildman–Crippen LogP) is 3.22. The fraction of sp³-hybridized carbons (Fsp3) is 0.500. The van der Waals surface area contributed by atoms with E-state index in [0.717, 1.165) is 17.3 Å². The van der Waals surface area contributed by atoms with Crippen LogP contribution in [-0.4, -0.2) is 24.3 Å². The van der Waals surface area contributed by atoms with Crippen LogP contribution in [0.2, 0.25) is 0 Å². The monoisotopic (exact) mass is 330 g/mol. The average molecular weight is 331 g/mol. The molecule has 0 unspecified atom stereocenters. The number of carbonyl (C=O) groups excluding carboxylic acids is 1. The summed E-state index contributed by atoms with van der Waals surface area (Å²) in [4.78, 5) is 11.4. The maximum atomic E-state index is 11.4. The van der Waals surface area contributed by atoms with Gasteiger partial charge in [0.1, 0.15) is 5.75 Å². The molecule has 1 atom stereocenters. The zero-order valence-corrected chi connectivity index (χ0v) is 12.8. The number of carbonyl (C=O) groups is 1. The Hall–Kier alpha value is -1.07. The molecule has 106 valence electrons. The Morgan fingerprint density at radius 3 is 2.84 bits per heavy atom. The highest BCUT2D eigenvalue weighted by Crippen LogP contribution is 2.28. The van der Waals surface area contributed by atoms with Gasteiger partial charge in [-0.25, -0.2) is 4.79 Å². The Morgan fingerprint density at radius 1 is 1.47 bits per heavy atom. The van der Waals surface area contributed by atoms with Crippen molar-refractivity contribution in [3.8, 4) is 5.75 Å². The summed E-state index contributed by atoms with van der Waals surface area (Å²) in [5.41, 5.74) is 0.643. The fourth-order valence-corrected chi connectivity index (χ4v) is 1.83. The lowest BCUT2D eigenvalue weighted by atomic mass is 10.1. The van der Waals surface area contributed by atoms with Crippen molar-refractivity contribution in [3.63, 3.8) is 0 Å². The van der Waals surface area contributed by atoms with Gasteiger partial charge >= 0.3 is 5.97 Å². The zero-order chi connectivity index (χ0) is 14.3. The van der Waals surface area contributed by atoms with Crippen LogP contribution in [0.1, 0.15) is 38.4 Å². The van der Waals surface area contributed by atoms with Crippen LogP contribution in [0.15, 0.2) is 22.7 Å². The minimum atomic E-state index is -0.654. The van der Waals surface area contributed by atoms with Crippen molar-refractivity contribution in [2.45, 2.75) is 32.8 Å². The molecule has 1 rings (SSSR count). The molecular formula is C14H19BrO4. The highest BCUT2D eigenvalue weighted by Gasteiger charge is 2.12. The van der Waals surface area contributed by atoms with Gasteiger partial charge in [-0.1, -0.05) is 35.3 Å². The second-order valence-electron chi connectivity index (χ2n) is 4.22. The van der Waals surface area contributed by atoms with Gasteiger partial charge in [-0.05, 0) is 25.5 Å². The molecule has 1 aromatic rings. The van der Waals surface area contributed by atoms with E-state index in [1.807, 2.05) is 13.0 Å². The van der Waals surface area contributed by atoms with Gasteiger partial charge in [-0.3, -0.25) is 0 Å². The van der Waals surface area contributed by atoms with E-state index < -0.39 is 12.1 Å². The summed E-state index contributed by atoms with van der Waals surface area (Å²) in [6, 6.07) is 5.29. The molecule has 0 radical (unpaired) electrons. The molecule has 0 aliphatic carbocycles. The maximum absolute atomic E-state index is 11.4. The molecule has 0 saturated heterocycles. The Labute approximate surface area is 121 Å². The number of halogens is 1. The van der Waals surface area contributed by atoms with Crippen molar-refractivity contribution >= 4 is 21.9 Å². The van der Waals surface area contributed by atoms with Gasteiger partial charge in [0, 0.05) is 10.0 Å². The molecule has 1 N–H and O–H groups in total. The lowest BCUT2D eigenvalue weighted by Gasteiger charge is -2.13. The van der Waals surface area contributed by atoms with Gasteiger partial charge in [0.2, 0.25) is 0 Å². The first-order chi connectivity index (χ1) is 9.04. The third-order valence-corrected chi connectivity index (χ3v) is 3.03. The van der Waals surface area contributed by atoms with Crippen LogP contribution in [0.3, 0.4) is 0 Å². The van der Waals surface area contributed by atoms with Crippen LogP contribution in [0.4, 0.5) is 0 Å². The van der Waals surface area contributed by atoms with Gasteiger partial charge in [-0.15, -0.1) is 0 Å². The highest BCUT2D eigenvalue weighted by molar-refractivity contribution is 9.10. The fourth-order valence-electron chi connectivity index (χ4n) is 1.49. The van der Waals surface area contributed by atoms with Gasteiger partial charge < -0.3 is 14.6 Å². The average Bonchev–Trinajstić information content (AvgIpc) is 2.36. The molecule has 4 nitrogen and oxygen atoms in total. The molecule has 0 saturated carbocycles. The quantitative estimate of drug-likeness (QED) is 0.616. The summed E-state index contributed by atoms with van der Waals surface area (Å²) in [7, 11) is 0. The standard InChI is InChI=1S/C14H19BrO4/c1-3-4-7-18-14(17)9-19-13-8-11(15)5-6-12(13)10(2)16/h5-6,8,10,16H,3-4,7,9H2,1-2H3/t10-/m1/s1. The van der Waals surface area contributed by atoms with Gasteiger partial charge in [-0.2, -0.15) is 0 Å². The molecule has 0 heterocycles. The molecule has 1 aromatic carbocycles. The summed E-state index contributed by atoms with van der Waals surface area (Å²) >= 11 is 3.33. The second kappa shape index (κ2) is 8.17. The number of rotatable bonds is 7. The molecular weight excluding hydrogens is 312 g/mol. The van der Waals surface area contributed by atoms with E-state index >= 15 is 0 Å². The summed E-state index contributed by atoms with van der Waals surface area (Å²) in [6.45, 7) is 3.94. The van der Waals surface area contributed by atoms with Gasteiger partial charge in [0.25, 0.3) is 0 Å². The van der Waals surface area contributed by atoms with E-state index in [4.69, 9.17) is 9.47 Å². The first-order valence-corrected chi connectivity index (χ1v) is 7.09. The lowest BCUT2D eigenvalue weighted by molar-refractivity contribution is -0.146. The number of benzene rings is 1. The van der Waals surface area contributed by atoms with E-state index in [1.54, 1.807) is 19.1 Å². The minimum Gasteiger partial charge on any atom is -0.481 e. The molecule has 0 bridgehead atoms. The molecule has 5 heteroatoms. The van der Waals surface area contributed by atoms with Crippen LogP contribution in [-0.2, 0) is 9.53 Å². The van der Waals surface area contributed by atoms with E-state index in [0.29, 0.717) is 17.9 Å². The molecule has 0 amide bonds. The largest absolute Gasteiger partial charge is 0.481 e. The normalized spacial score (nSPS) is 12.0. The number of aliphatic hydroxyl groups excluding tert-OH is 1. The van der Waals surface area contributed by atoms with Crippen molar-refractivity contribution < 1.29 is 19.4 Å². The van der Waals surface area contributed by atoms with Crippen molar-refractivity contribution in [2.24, 2.45) is 0 Å². The molecule has 0 spiro atoms. The summed E-state index contributed by atoms with van der Waals surface area (Å²) in [5, 5.41) is 9.62. The lowest BCUT2D eigenvalue weighted by Crippen LogP contribution is -2.16. The van der Waals surface area contributed by atoms with E-state index in [9.17, 15) is 9.90 Å².